The molecule has 28 heavy (non-hydrogen) atoms. The molecule has 0 radical (unpaired) electrons. The van der Waals surface area contributed by atoms with E-state index in [0.717, 1.165) is 17.8 Å². The van der Waals surface area contributed by atoms with E-state index >= 15 is 0 Å². The number of aliphatic hydroxyl groups excluding tert-OH is 1. The van der Waals surface area contributed by atoms with Crippen molar-refractivity contribution < 1.29 is 13.9 Å². The predicted molar refractivity (Wildman–Crippen MR) is 109 cm³/mol. The second kappa shape index (κ2) is 7.67. The van der Waals surface area contributed by atoms with Crippen LogP contribution in [0.5, 0.6) is 0 Å². The molecule has 2 aliphatic heterocycles. The van der Waals surface area contributed by atoms with Crippen molar-refractivity contribution in [2.24, 2.45) is 10.1 Å². The Bertz CT molecular complexity index is 1060. The molecule has 2 aromatic rings. The summed E-state index contributed by atoms with van der Waals surface area (Å²) < 4.78 is 27.5. The Hall–Kier alpha value is -2.19. The molecule has 142 valence electrons. The molecule has 1 N–H and O–H groups in total. The molecule has 0 aliphatic carbocycles. The van der Waals surface area contributed by atoms with Gasteiger partial charge in [0.25, 0.3) is 0 Å². The highest BCUT2D eigenvalue weighted by Crippen LogP contribution is 2.40. The quantitative estimate of drug-likeness (QED) is 0.691. The van der Waals surface area contributed by atoms with E-state index in [9.17, 15) is 13.9 Å². The van der Waals surface area contributed by atoms with E-state index in [1.165, 1.54) is 29.6 Å². The van der Waals surface area contributed by atoms with Gasteiger partial charge in [-0.15, -0.1) is 0 Å². The molecule has 1 unspecified atom stereocenters. The van der Waals surface area contributed by atoms with Crippen molar-refractivity contribution in [1.29, 1.82) is 0 Å². The van der Waals surface area contributed by atoms with Crippen LogP contribution >= 0.6 is 35.0 Å². The molecule has 2 aliphatic rings. The van der Waals surface area contributed by atoms with Crippen LogP contribution in [0.4, 0.5) is 8.78 Å². The number of rotatable bonds is 2. The van der Waals surface area contributed by atoms with Crippen LogP contribution in [0.25, 0.3) is 5.57 Å². The normalized spacial score (nSPS) is 18.4. The standard InChI is InChI=1S/C19H11Cl2F2N3OS/c20-13-2-1-3-14(21)18(13)12-7-11-8-17(27)24-9-26(11)25-19(12)28-16-5-4-10(22)6-15(16)23/h1-9,17,27H. The summed E-state index contributed by atoms with van der Waals surface area (Å²) in [4.78, 5) is 4.07. The highest BCUT2D eigenvalue weighted by molar-refractivity contribution is 8.15. The second-order valence-corrected chi connectivity index (χ2v) is 7.70. The number of aliphatic hydroxyl groups is 1. The van der Waals surface area contributed by atoms with E-state index < -0.39 is 17.9 Å². The Kier molecular flexibility index (Phi) is 5.25. The van der Waals surface area contributed by atoms with E-state index in [2.05, 4.69) is 10.1 Å². The third-order valence-corrected chi connectivity index (χ3v) is 5.64. The highest BCUT2D eigenvalue weighted by Gasteiger charge is 2.26. The molecular weight excluding hydrogens is 427 g/mol. The molecule has 0 bridgehead atoms. The molecule has 4 nitrogen and oxygen atoms in total. The predicted octanol–water partition coefficient (Wildman–Crippen LogP) is 5.32. The molecule has 0 saturated heterocycles. The van der Waals surface area contributed by atoms with Crippen molar-refractivity contribution in [1.82, 2.24) is 5.01 Å². The maximum Gasteiger partial charge on any atom is 0.168 e. The Balaban J connectivity index is 1.83. The molecular formula is C19H11Cl2F2N3OS. The first kappa shape index (κ1) is 19.1. The summed E-state index contributed by atoms with van der Waals surface area (Å²) in [7, 11) is 0. The molecule has 0 aromatic heterocycles. The third-order valence-electron chi connectivity index (χ3n) is 3.97. The number of thioether (sulfide) groups is 1. The minimum Gasteiger partial charge on any atom is -0.368 e. The second-order valence-electron chi connectivity index (χ2n) is 5.85. The number of halogens is 4. The summed E-state index contributed by atoms with van der Waals surface area (Å²) in [6.45, 7) is 0. The van der Waals surface area contributed by atoms with Gasteiger partial charge in [-0.1, -0.05) is 41.0 Å². The van der Waals surface area contributed by atoms with Crippen molar-refractivity contribution >= 4 is 51.9 Å². The van der Waals surface area contributed by atoms with Crippen LogP contribution in [0.2, 0.25) is 10.0 Å². The SMILES string of the molecule is OC1C=C2C=C(c3c(Cl)cccc3Cl)C(Sc3ccc(F)cc3F)=NN2C=N1. The molecule has 2 aromatic carbocycles. The van der Waals surface area contributed by atoms with Crippen molar-refractivity contribution in [3.8, 4) is 0 Å². The van der Waals surface area contributed by atoms with E-state index in [1.54, 1.807) is 24.3 Å². The van der Waals surface area contributed by atoms with Gasteiger partial charge in [0.05, 0.1) is 5.70 Å². The number of fused-ring (bicyclic) bond motifs is 1. The van der Waals surface area contributed by atoms with Crippen LogP contribution in [0.15, 0.2) is 69.2 Å². The number of aliphatic imine (C=N–C) groups is 1. The smallest absolute Gasteiger partial charge is 0.168 e. The molecule has 4 rings (SSSR count). The Morgan fingerprint density at radius 3 is 2.57 bits per heavy atom. The van der Waals surface area contributed by atoms with Gasteiger partial charge in [-0.2, -0.15) is 5.10 Å². The summed E-state index contributed by atoms with van der Waals surface area (Å²) in [6.07, 6.45) is 3.61. The van der Waals surface area contributed by atoms with Crippen molar-refractivity contribution in [2.45, 2.75) is 11.1 Å². The molecule has 2 heterocycles. The zero-order valence-corrected chi connectivity index (χ0v) is 16.3. The molecule has 0 fully saturated rings. The topological polar surface area (TPSA) is 48.2 Å². The number of hydrogen-bond donors (Lipinski definition) is 1. The summed E-state index contributed by atoms with van der Waals surface area (Å²) >= 11 is 13.7. The highest BCUT2D eigenvalue weighted by atomic mass is 35.5. The maximum atomic E-state index is 14.2. The average molecular weight is 438 g/mol. The van der Waals surface area contributed by atoms with Gasteiger partial charge < -0.3 is 5.11 Å². The summed E-state index contributed by atoms with van der Waals surface area (Å²) in [5, 5.41) is 16.9. The van der Waals surface area contributed by atoms with Crippen LogP contribution in [-0.4, -0.2) is 27.7 Å². The minimum atomic E-state index is -0.996. The van der Waals surface area contributed by atoms with Crippen molar-refractivity contribution in [3.63, 3.8) is 0 Å². The maximum absolute atomic E-state index is 14.2. The van der Waals surface area contributed by atoms with E-state index in [1.807, 2.05) is 0 Å². The van der Waals surface area contributed by atoms with Gasteiger partial charge >= 0.3 is 0 Å². The van der Waals surface area contributed by atoms with Crippen LogP contribution in [0, 0.1) is 11.6 Å². The zero-order chi connectivity index (χ0) is 19.8. The van der Waals surface area contributed by atoms with Crippen LogP contribution in [-0.2, 0) is 0 Å². The Labute approximate surface area is 173 Å². The van der Waals surface area contributed by atoms with Crippen LogP contribution in [0.3, 0.4) is 0 Å². The van der Waals surface area contributed by atoms with E-state index in [-0.39, 0.29) is 4.90 Å². The largest absolute Gasteiger partial charge is 0.368 e. The molecule has 0 amide bonds. The lowest BCUT2D eigenvalue weighted by atomic mass is 10.0. The van der Waals surface area contributed by atoms with Gasteiger partial charge in [-0.05, 0) is 36.4 Å². The zero-order valence-electron chi connectivity index (χ0n) is 14.0. The molecule has 0 spiro atoms. The van der Waals surface area contributed by atoms with Gasteiger partial charge in [-0.25, -0.2) is 18.8 Å². The monoisotopic (exact) mass is 437 g/mol. The van der Waals surface area contributed by atoms with Crippen LogP contribution < -0.4 is 0 Å². The first-order valence-corrected chi connectivity index (χ1v) is 9.60. The lowest BCUT2D eigenvalue weighted by molar-refractivity contribution is 0.226. The number of benzene rings is 2. The first-order valence-electron chi connectivity index (χ1n) is 8.03. The summed E-state index contributed by atoms with van der Waals surface area (Å²) in [6, 6.07) is 8.39. The third kappa shape index (κ3) is 3.71. The Morgan fingerprint density at radius 1 is 1.11 bits per heavy atom. The Morgan fingerprint density at radius 2 is 1.86 bits per heavy atom. The number of hydrazone groups is 1. The van der Waals surface area contributed by atoms with Crippen molar-refractivity contribution in [2.75, 3.05) is 0 Å². The minimum absolute atomic E-state index is 0.190. The van der Waals surface area contributed by atoms with Gasteiger partial charge in [0.1, 0.15) is 23.0 Å². The lowest BCUT2D eigenvalue weighted by Crippen LogP contribution is -2.26. The first-order chi connectivity index (χ1) is 13.4. The van der Waals surface area contributed by atoms with Gasteiger partial charge in [0.2, 0.25) is 0 Å². The number of allylic oxidation sites excluding steroid dienone is 1. The van der Waals surface area contributed by atoms with Gasteiger partial charge in [-0.3, -0.25) is 0 Å². The average Bonchev–Trinajstić information content (AvgIpc) is 2.64. The molecule has 0 saturated carbocycles. The van der Waals surface area contributed by atoms with Crippen LogP contribution in [0.1, 0.15) is 5.56 Å². The molecule has 9 heteroatoms. The van der Waals surface area contributed by atoms with E-state index in [4.69, 9.17) is 23.2 Å². The summed E-state index contributed by atoms with van der Waals surface area (Å²) in [5.41, 5.74) is 1.64. The molecule has 1 atom stereocenters. The van der Waals surface area contributed by atoms with Gasteiger partial charge in [0, 0.05) is 32.1 Å². The fourth-order valence-electron chi connectivity index (χ4n) is 2.70. The lowest BCUT2D eigenvalue weighted by Gasteiger charge is -2.27. The fraction of sp³-hybridized carbons (Fsp3) is 0.0526. The number of hydrogen-bond acceptors (Lipinski definition) is 5. The summed E-state index contributed by atoms with van der Waals surface area (Å²) in [5.74, 6) is -1.37. The number of nitrogens with zero attached hydrogens (tertiary/aromatic N) is 3. The fourth-order valence-corrected chi connectivity index (χ4v) is 4.20. The van der Waals surface area contributed by atoms with Crippen molar-refractivity contribution in [3.05, 3.63) is 81.5 Å². The van der Waals surface area contributed by atoms with Gasteiger partial charge in [0.15, 0.2) is 6.23 Å². The van der Waals surface area contributed by atoms with E-state index in [0.29, 0.717) is 31.9 Å².